The topological polar surface area (TPSA) is 41.6 Å². The Balaban J connectivity index is 2.27. The molecule has 0 bridgehead atoms. The predicted octanol–water partition coefficient (Wildman–Crippen LogP) is 4.79. The minimum Gasteiger partial charge on any atom is -0.496 e. The van der Waals surface area contributed by atoms with Crippen LogP contribution in [0.1, 0.15) is 42.5 Å². The van der Waals surface area contributed by atoms with Gasteiger partial charge in [-0.2, -0.15) is 13.2 Å². The van der Waals surface area contributed by atoms with E-state index in [1.165, 1.54) is 19.2 Å². The SMILES string of the molecule is [B]N1C(=O)NCC1c1cc(C(F)(F)F)ccc1-c1cc(C(C)C)c(F)cc1OC. The molecule has 2 radical (unpaired) electrons. The number of rotatable bonds is 4. The van der Waals surface area contributed by atoms with Crippen molar-refractivity contribution in [1.29, 1.82) is 0 Å². The van der Waals surface area contributed by atoms with Crippen molar-refractivity contribution < 1.29 is 27.1 Å². The normalized spacial score (nSPS) is 17.0. The molecule has 1 unspecified atom stereocenters. The van der Waals surface area contributed by atoms with E-state index >= 15 is 0 Å². The van der Waals surface area contributed by atoms with Crippen LogP contribution < -0.4 is 10.1 Å². The summed E-state index contributed by atoms with van der Waals surface area (Å²) in [5.41, 5.74) is 0.536. The lowest BCUT2D eigenvalue weighted by molar-refractivity contribution is -0.137. The highest BCUT2D eigenvalue weighted by atomic mass is 19.4. The van der Waals surface area contributed by atoms with Crippen LogP contribution in [0.3, 0.4) is 0 Å². The first-order valence-corrected chi connectivity index (χ1v) is 8.95. The summed E-state index contributed by atoms with van der Waals surface area (Å²) in [7, 11) is 7.14. The maximum atomic E-state index is 14.4. The lowest BCUT2D eigenvalue weighted by Gasteiger charge is -2.24. The molecule has 4 nitrogen and oxygen atoms in total. The molecule has 3 rings (SSSR count). The highest BCUT2D eigenvalue weighted by molar-refractivity contribution is 6.15. The summed E-state index contributed by atoms with van der Waals surface area (Å²) in [6.45, 7) is 3.66. The second kappa shape index (κ2) is 7.61. The monoisotopic (exact) mass is 406 g/mol. The Morgan fingerprint density at radius 3 is 2.41 bits per heavy atom. The van der Waals surface area contributed by atoms with Gasteiger partial charge in [-0.05, 0) is 40.8 Å². The Morgan fingerprint density at radius 1 is 1.21 bits per heavy atom. The van der Waals surface area contributed by atoms with Crippen molar-refractivity contribution in [3.8, 4) is 16.9 Å². The van der Waals surface area contributed by atoms with Crippen LogP contribution in [0.15, 0.2) is 30.3 Å². The van der Waals surface area contributed by atoms with Gasteiger partial charge in [0.05, 0.1) is 18.7 Å². The van der Waals surface area contributed by atoms with Crippen LogP contribution in [0.25, 0.3) is 11.1 Å². The van der Waals surface area contributed by atoms with Crippen molar-refractivity contribution in [2.45, 2.75) is 32.0 Å². The smallest absolute Gasteiger partial charge is 0.416 e. The van der Waals surface area contributed by atoms with Gasteiger partial charge in [0.1, 0.15) is 11.6 Å². The average molecular weight is 406 g/mol. The molecule has 2 amide bonds. The predicted molar refractivity (Wildman–Crippen MR) is 101 cm³/mol. The molecule has 0 spiro atoms. The number of alkyl halides is 3. The number of urea groups is 1. The molecule has 1 aliphatic heterocycles. The first kappa shape index (κ1) is 21.0. The fraction of sp³-hybridized carbons (Fsp3) is 0.350. The second-order valence-electron chi connectivity index (χ2n) is 7.14. The van der Waals surface area contributed by atoms with E-state index in [1.807, 2.05) is 13.8 Å². The zero-order valence-electron chi connectivity index (χ0n) is 16.1. The zero-order valence-corrected chi connectivity index (χ0v) is 16.1. The van der Waals surface area contributed by atoms with Crippen molar-refractivity contribution in [3.63, 3.8) is 0 Å². The molecule has 0 aliphatic carbocycles. The summed E-state index contributed by atoms with van der Waals surface area (Å²) in [5, 5.41) is 2.51. The molecule has 29 heavy (non-hydrogen) atoms. The lowest BCUT2D eigenvalue weighted by atomic mass is 9.89. The first-order valence-electron chi connectivity index (χ1n) is 8.95. The Labute approximate surface area is 167 Å². The van der Waals surface area contributed by atoms with E-state index in [0.717, 1.165) is 16.9 Å². The summed E-state index contributed by atoms with van der Waals surface area (Å²) >= 11 is 0. The van der Waals surface area contributed by atoms with Crippen molar-refractivity contribution in [2.24, 2.45) is 0 Å². The van der Waals surface area contributed by atoms with Gasteiger partial charge in [0.2, 0.25) is 7.98 Å². The summed E-state index contributed by atoms with van der Waals surface area (Å²) in [6.07, 6.45) is -4.57. The minimum absolute atomic E-state index is 0.0458. The van der Waals surface area contributed by atoms with Gasteiger partial charge in [0.25, 0.3) is 0 Å². The van der Waals surface area contributed by atoms with Gasteiger partial charge in [-0.1, -0.05) is 19.9 Å². The molecule has 2 aromatic carbocycles. The Hall–Kier alpha value is -2.71. The van der Waals surface area contributed by atoms with Crippen molar-refractivity contribution in [3.05, 3.63) is 52.8 Å². The lowest BCUT2D eigenvalue weighted by Crippen LogP contribution is -2.27. The van der Waals surface area contributed by atoms with Gasteiger partial charge in [-0.25, -0.2) is 4.39 Å². The van der Waals surface area contributed by atoms with Crippen LogP contribution in [-0.4, -0.2) is 32.5 Å². The Kier molecular flexibility index (Phi) is 5.51. The number of carbonyl (C=O) groups is 1. The number of benzene rings is 2. The Morgan fingerprint density at radius 2 is 1.90 bits per heavy atom. The minimum atomic E-state index is -4.57. The van der Waals surface area contributed by atoms with Gasteiger partial charge < -0.3 is 14.9 Å². The van der Waals surface area contributed by atoms with Gasteiger partial charge in [0.15, 0.2) is 0 Å². The van der Waals surface area contributed by atoms with Gasteiger partial charge in [0, 0.05) is 18.2 Å². The molecular formula is C20H19BF4N2O2. The maximum Gasteiger partial charge on any atom is 0.416 e. The molecular weight excluding hydrogens is 387 g/mol. The van der Waals surface area contributed by atoms with Crippen LogP contribution >= 0.6 is 0 Å². The number of nitrogens with one attached hydrogen (secondary N) is 1. The molecule has 9 heteroatoms. The quantitative estimate of drug-likeness (QED) is 0.586. The molecule has 1 saturated heterocycles. The number of hydrogen-bond donors (Lipinski definition) is 1. The maximum absolute atomic E-state index is 14.4. The van der Waals surface area contributed by atoms with Gasteiger partial charge in [-0.15, -0.1) is 0 Å². The zero-order chi connectivity index (χ0) is 21.5. The van der Waals surface area contributed by atoms with E-state index in [-0.39, 0.29) is 23.8 Å². The van der Waals surface area contributed by atoms with Crippen LogP contribution in [-0.2, 0) is 6.18 Å². The molecule has 1 atom stereocenters. The van der Waals surface area contributed by atoms with E-state index in [9.17, 15) is 22.4 Å². The van der Waals surface area contributed by atoms with Crippen LogP contribution in [0.5, 0.6) is 5.75 Å². The fourth-order valence-electron chi connectivity index (χ4n) is 3.43. The molecule has 0 aromatic heterocycles. The fourth-order valence-corrected chi connectivity index (χ4v) is 3.43. The number of nitrogens with zero attached hydrogens (tertiary/aromatic N) is 1. The number of methoxy groups -OCH3 is 1. The molecule has 1 heterocycles. The van der Waals surface area contributed by atoms with Crippen molar-refractivity contribution in [1.82, 2.24) is 10.1 Å². The number of hydrogen-bond acceptors (Lipinski definition) is 2. The highest BCUT2D eigenvalue weighted by Gasteiger charge is 2.35. The molecule has 152 valence electrons. The van der Waals surface area contributed by atoms with Crippen LogP contribution in [0.4, 0.5) is 22.4 Å². The second-order valence-corrected chi connectivity index (χ2v) is 7.14. The van der Waals surface area contributed by atoms with Crippen LogP contribution in [0, 0.1) is 5.82 Å². The molecule has 2 aromatic rings. The van der Waals surface area contributed by atoms with E-state index < -0.39 is 29.6 Å². The average Bonchev–Trinajstić information content (AvgIpc) is 2.98. The number of halogens is 4. The molecule has 0 saturated carbocycles. The molecule has 1 N–H and O–H groups in total. The van der Waals surface area contributed by atoms with Gasteiger partial charge >= 0.3 is 12.2 Å². The highest BCUT2D eigenvalue weighted by Crippen LogP contribution is 2.42. The molecule has 1 fully saturated rings. The van der Waals surface area contributed by atoms with E-state index in [0.29, 0.717) is 16.7 Å². The van der Waals surface area contributed by atoms with E-state index in [1.54, 1.807) is 6.07 Å². The summed E-state index contributed by atoms with van der Waals surface area (Å²) in [4.78, 5) is 12.7. The summed E-state index contributed by atoms with van der Waals surface area (Å²) < 4.78 is 59.7. The van der Waals surface area contributed by atoms with Crippen molar-refractivity contribution >= 4 is 14.0 Å². The van der Waals surface area contributed by atoms with Crippen LogP contribution in [0.2, 0.25) is 0 Å². The van der Waals surface area contributed by atoms with Gasteiger partial charge in [-0.3, -0.25) is 4.79 Å². The third-order valence-electron chi connectivity index (χ3n) is 4.99. The summed E-state index contributed by atoms with van der Waals surface area (Å²) in [5.74, 6) is -0.445. The Bertz CT molecular complexity index is 947. The van der Waals surface area contributed by atoms with E-state index in [4.69, 9.17) is 12.7 Å². The number of amides is 2. The number of carbonyl (C=O) groups excluding carboxylic acids is 1. The first-order chi connectivity index (χ1) is 13.5. The number of ether oxygens (including phenoxy) is 1. The third kappa shape index (κ3) is 3.90. The van der Waals surface area contributed by atoms with Crippen molar-refractivity contribution in [2.75, 3.05) is 13.7 Å². The third-order valence-corrected chi connectivity index (χ3v) is 4.99. The molecule has 1 aliphatic rings. The standard InChI is InChI=1S/C20H19BF4N2O2/c1-10(2)13-7-15(18(29-3)8-16(13)22)12-5-4-11(20(23,24)25)6-14(12)17-9-26-19(28)27(17)21/h4-8,10,17H,9H2,1-3H3,(H,26,28). The van der Waals surface area contributed by atoms with E-state index in [2.05, 4.69) is 5.32 Å². The largest absolute Gasteiger partial charge is 0.496 e. The summed E-state index contributed by atoms with van der Waals surface area (Å²) in [6, 6.07) is 4.58.